The summed E-state index contributed by atoms with van der Waals surface area (Å²) in [6.45, 7) is 3.19. The maximum absolute atomic E-state index is 13.6. The maximum atomic E-state index is 13.6. The van der Waals surface area contributed by atoms with Crippen molar-refractivity contribution < 1.29 is 22.4 Å². The zero-order valence-corrected chi connectivity index (χ0v) is 16.9. The lowest BCUT2D eigenvalue weighted by Gasteiger charge is -2.22. The van der Waals surface area contributed by atoms with Crippen LogP contribution in [-0.2, 0) is 19.4 Å². The Balaban J connectivity index is 1.75. The molecule has 0 unspecified atom stereocenters. The molecule has 0 saturated heterocycles. The predicted molar refractivity (Wildman–Crippen MR) is 107 cm³/mol. The molecular weight excluding hydrogens is 403 g/mol. The highest BCUT2D eigenvalue weighted by Gasteiger charge is 2.29. The molecule has 0 bridgehead atoms. The first-order valence-corrected chi connectivity index (χ1v) is 11.0. The van der Waals surface area contributed by atoms with Crippen molar-refractivity contribution in [3.63, 3.8) is 0 Å². The minimum absolute atomic E-state index is 0.000245. The van der Waals surface area contributed by atoms with Gasteiger partial charge in [0.1, 0.15) is 5.82 Å². The third kappa shape index (κ3) is 4.20. The van der Waals surface area contributed by atoms with Crippen LogP contribution in [0.25, 0.3) is 0 Å². The molecule has 2 aromatic carbocycles. The van der Waals surface area contributed by atoms with E-state index in [9.17, 15) is 22.4 Å². The van der Waals surface area contributed by atoms with Crippen molar-refractivity contribution in [1.29, 1.82) is 0 Å². The Morgan fingerprint density at radius 2 is 2.00 bits per heavy atom. The van der Waals surface area contributed by atoms with E-state index in [0.717, 1.165) is 4.90 Å². The van der Waals surface area contributed by atoms with Gasteiger partial charge >= 0.3 is 0 Å². The van der Waals surface area contributed by atoms with Crippen LogP contribution in [0.4, 0.5) is 15.8 Å². The van der Waals surface area contributed by atoms with Crippen LogP contribution in [0.2, 0.25) is 0 Å². The highest BCUT2D eigenvalue weighted by Crippen LogP contribution is 2.37. The Labute approximate surface area is 166 Å². The molecule has 0 aromatic heterocycles. The number of nitrogens with one attached hydrogen (secondary N) is 2. The summed E-state index contributed by atoms with van der Waals surface area (Å²) in [4.78, 5) is 24.8. The highest BCUT2D eigenvalue weighted by molar-refractivity contribution is 8.01. The predicted octanol–water partition coefficient (Wildman–Crippen LogP) is 3.45. The minimum Gasteiger partial charge on any atom is -0.324 e. The van der Waals surface area contributed by atoms with Crippen LogP contribution in [0, 0.1) is 5.82 Å². The SMILES string of the molecule is C[C@@H]1Sc2ccc(S(=O)(=O)[C@H](C)CC(=O)Nc3ccccc3F)cc2NC1=O. The molecule has 148 valence electrons. The van der Waals surface area contributed by atoms with Gasteiger partial charge in [0, 0.05) is 11.3 Å². The van der Waals surface area contributed by atoms with Gasteiger partial charge in [0.25, 0.3) is 0 Å². The van der Waals surface area contributed by atoms with Crippen LogP contribution in [-0.4, -0.2) is 30.7 Å². The largest absolute Gasteiger partial charge is 0.324 e. The number of hydrogen-bond acceptors (Lipinski definition) is 5. The van der Waals surface area contributed by atoms with E-state index in [2.05, 4.69) is 10.6 Å². The number of carbonyl (C=O) groups excluding carboxylic acids is 2. The van der Waals surface area contributed by atoms with E-state index >= 15 is 0 Å². The molecule has 2 atom stereocenters. The molecule has 3 rings (SSSR count). The number of rotatable bonds is 5. The number of halogens is 1. The Morgan fingerprint density at radius 1 is 1.29 bits per heavy atom. The van der Waals surface area contributed by atoms with Gasteiger partial charge in [0.2, 0.25) is 11.8 Å². The van der Waals surface area contributed by atoms with Crippen LogP contribution in [0.3, 0.4) is 0 Å². The van der Waals surface area contributed by atoms with Crippen LogP contribution >= 0.6 is 11.8 Å². The fraction of sp³-hybridized carbons (Fsp3) is 0.263. The van der Waals surface area contributed by atoms with Crippen LogP contribution in [0.1, 0.15) is 20.3 Å². The van der Waals surface area contributed by atoms with E-state index in [4.69, 9.17) is 0 Å². The molecule has 1 heterocycles. The van der Waals surface area contributed by atoms with E-state index in [0.29, 0.717) is 5.69 Å². The lowest BCUT2D eigenvalue weighted by atomic mass is 10.2. The molecule has 2 aromatic rings. The number of amides is 2. The molecule has 9 heteroatoms. The summed E-state index contributed by atoms with van der Waals surface area (Å²) in [5.41, 5.74) is 0.442. The van der Waals surface area contributed by atoms with E-state index in [1.54, 1.807) is 19.1 Å². The monoisotopic (exact) mass is 422 g/mol. The van der Waals surface area contributed by atoms with Gasteiger partial charge in [-0.2, -0.15) is 0 Å². The summed E-state index contributed by atoms with van der Waals surface area (Å²) < 4.78 is 39.3. The van der Waals surface area contributed by atoms with Crippen molar-refractivity contribution in [2.45, 2.75) is 40.6 Å². The topological polar surface area (TPSA) is 92.3 Å². The van der Waals surface area contributed by atoms with Crippen molar-refractivity contribution in [3.8, 4) is 0 Å². The second-order valence-electron chi connectivity index (χ2n) is 6.50. The van der Waals surface area contributed by atoms with E-state index in [1.165, 1.54) is 49.0 Å². The van der Waals surface area contributed by atoms with Crippen molar-refractivity contribution >= 4 is 44.8 Å². The molecule has 0 radical (unpaired) electrons. The third-order valence-electron chi connectivity index (χ3n) is 4.36. The molecule has 0 fully saturated rings. The number of fused-ring (bicyclic) bond motifs is 1. The van der Waals surface area contributed by atoms with Crippen molar-refractivity contribution in [2.75, 3.05) is 10.6 Å². The average Bonchev–Trinajstić information content (AvgIpc) is 2.64. The lowest BCUT2D eigenvalue weighted by molar-refractivity contribution is -0.116. The van der Waals surface area contributed by atoms with E-state index in [-0.39, 0.29) is 28.2 Å². The van der Waals surface area contributed by atoms with Gasteiger partial charge in [0.15, 0.2) is 9.84 Å². The van der Waals surface area contributed by atoms with Gasteiger partial charge in [-0.1, -0.05) is 12.1 Å². The molecule has 28 heavy (non-hydrogen) atoms. The summed E-state index contributed by atoms with van der Waals surface area (Å²) in [7, 11) is -3.82. The summed E-state index contributed by atoms with van der Waals surface area (Å²) in [5, 5.41) is 3.80. The summed E-state index contributed by atoms with van der Waals surface area (Å²) in [6, 6.07) is 10.2. The molecule has 2 amide bonds. The van der Waals surface area contributed by atoms with Crippen LogP contribution in [0.5, 0.6) is 0 Å². The number of anilines is 2. The average molecular weight is 423 g/mol. The summed E-state index contributed by atoms with van der Waals surface area (Å²) in [5.74, 6) is -1.38. The second-order valence-corrected chi connectivity index (χ2v) is 10.2. The van der Waals surface area contributed by atoms with Gasteiger partial charge < -0.3 is 10.6 Å². The van der Waals surface area contributed by atoms with Crippen LogP contribution < -0.4 is 10.6 Å². The molecular formula is C19H19FN2O4S2. The fourth-order valence-corrected chi connectivity index (χ4v) is 5.04. The molecule has 1 aliphatic heterocycles. The fourth-order valence-electron chi connectivity index (χ4n) is 2.73. The molecule has 0 aliphatic carbocycles. The van der Waals surface area contributed by atoms with Gasteiger partial charge in [0.05, 0.1) is 26.8 Å². The number of hydrogen-bond donors (Lipinski definition) is 2. The van der Waals surface area contributed by atoms with E-state index < -0.39 is 26.8 Å². The van der Waals surface area contributed by atoms with Crippen molar-refractivity contribution in [1.82, 2.24) is 0 Å². The first kappa shape index (κ1) is 20.3. The number of para-hydroxylation sites is 1. The number of thioether (sulfide) groups is 1. The smallest absolute Gasteiger partial charge is 0.237 e. The van der Waals surface area contributed by atoms with Gasteiger partial charge in [-0.25, -0.2) is 12.8 Å². The summed E-state index contributed by atoms with van der Waals surface area (Å²) in [6.07, 6.45) is -0.327. The molecule has 2 N–H and O–H groups in total. The first-order valence-electron chi connectivity index (χ1n) is 8.58. The Kier molecular flexibility index (Phi) is 5.76. The number of sulfone groups is 1. The zero-order valence-electron chi connectivity index (χ0n) is 15.2. The molecule has 0 spiro atoms. The van der Waals surface area contributed by atoms with E-state index in [1.807, 2.05) is 0 Å². The lowest BCUT2D eigenvalue weighted by Crippen LogP contribution is -2.27. The van der Waals surface area contributed by atoms with Crippen molar-refractivity contribution in [2.24, 2.45) is 0 Å². The van der Waals surface area contributed by atoms with Gasteiger partial charge in [-0.3, -0.25) is 9.59 Å². The molecule has 0 saturated carbocycles. The van der Waals surface area contributed by atoms with Crippen molar-refractivity contribution in [3.05, 3.63) is 48.3 Å². The normalized spacial score (nSPS) is 17.4. The Hall–Kier alpha value is -2.39. The second kappa shape index (κ2) is 7.92. The molecule has 1 aliphatic rings. The number of benzene rings is 2. The molecule has 6 nitrogen and oxygen atoms in total. The van der Waals surface area contributed by atoms with Gasteiger partial charge in [-0.15, -0.1) is 11.8 Å². The highest BCUT2D eigenvalue weighted by atomic mass is 32.2. The Morgan fingerprint density at radius 3 is 2.71 bits per heavy atom. The number of carbonyl (C=O) groups is 2. The van der Waals surface area contributed by atoms with Crippen LogP contribution in [0.15, 0.2) is 52.3 Å². The maximum Gasteiger partial charge on any atom is 0.237 e. The first-order chi connectivity index (χ1) is 13.2. The standard InChI is InChI=1S/C19H19FN2O4S2/c1-11(9-18(23)21-15-6-4-3-5-14(15)20)28(25,26)13-7-8-17-16(10-13)22-19(24)12(2)27-17/h3-8,10-12H,9H2,1-2H3,(H,21,23)(H,22,24)/t11-,12+/m1/s1. The quantitative estimate of drug-likeness (QED) is 0.770. The summed E-state index contributed by atoms with van der Waals surface area (Å²) >= 11 is 1.35. The zero-order chi connectivity index (χ0) is 20.5. The minimum atomic E-state index is -3.82. The third-order valence-corrected chi connectivity index (χ3v) is 7.68. The van der Waals surface area contributed by atoms with Gasteiger partial charge in [-0.05, 0) is 44.2 Å². The Bertz CT molecular complexity index is 1040.